The highest BCUT2D eigenvalue weighted by atomic mass is 32.2. The van der Waals surface area contributed by atoms with E-state index in [1.54, 1.807) is 53.4 Å². The molecule has 1 atom stereocenters. The van der Waals surface area contributed by atoms with Crippen molar-refractivity contribution in [2.75, 3.05) is 24.3 Å². The second kappa shape index (κ2) is 18.7. The number of carbonyl (C=O) groups is 5. The summed E-state index contributed by atoms with van der Waals surface area (Å²) < 4.78 is 5.13. The molecule has 2 heterocycles. The van der Waals surface area contributed by atoms with E-state index < -0.39 is 23.0 Å². The molecule has 0 saturated carbocycles. The number of amides is 4. The number of hydrogen-bond donors (Lipinski definition) is 3. The van der Waals surface area contributed by atoms with E-state index in [0.29, 0.717) is 51.8 Å². The van der Waals surface area contributed by atoms with E-state index in [0.717, 1.165) is 27.1 Å². The van der Waals surface area contributed by atoms with E-state index in [1.807, 2.05) is 97.1 Å². The van der Waals surface area contributed by atoms with Gasteiger partial charge in [-0.25, -0.2) is 4.79 Å². The van der Waals surface area contributed by atoms with Gasteiger partial charge in [-0.3, -0.25) is 19.2 Å². The summed E-state index contributed by atoms with van der Waals surface area (Å²) in [5, 5.41) is 8.34. The zero-order valence-electron chi connectivity index (χ0n) is 32.3. The predicted molar refractivity (Wildman–Crippen MR) is 233 cm³/mol. The number of nitrogens with zero attached hydrogens (tertiary/aromatic N) is 1. The molecule has 0 fully saturated rings. The molecule has 7 rings (SSSR count). The van der Waals surface area contributed by atoms with Crippen LogP contribution in [0.4, 0.5) is 10.7 Å². The van der Waals surface area contributed by atoms with Crippen molar-refractivity contribution in [3.05, 3.63) is 178 Å². The van der Waals surface area contributed by atoms with Crippen molar-refractivity contribution in [1.82, 2.24) is 10.2 Å². The van der Waals surface area contributed by atoms with Gasteiger partial charge in [0.15, 0.2) is 0 Å². The van der Waals surface area contributed by atoms with Crippen LogP contribution in [-0.2, 0) is 32.1 Å². The van der Waals surface area contributed by atoms with Crippen LogP contribution in [0.25, 0.3) is 17.2 Å². The van der Waals surface area contributed by atoms with Crippen molar-refractivity contribution in [2.45, 2.75) is 30.0 Å². The van der Waals surface area contributed by atoms with Crippen molar-refractivity contribution < 1.29 is 28.7 Å². The lowest BCUT2D eigenvalue weighted by Gasteiger charge is -2.25. The van der Waals surface area contributed by atoms with E-state index in [1.165, 1.54) is 37.1 Å². The molecule has 0 saturated heterocycles. The molecule has 0 aliphatic carbocycles. The molecule has 4 amide bonds. The quantitative estimate of drug-likeness (QED) is 0.0638. The lowest BCUT2D eigenvalue weighted by atomic mass is 10.0. The van der Waals surface area contributed by atoms with E-state index in [-0.39, 0.29) is 17.5 Å². The van der Waals surface area contributed by atoms with Crippen molar-refractivity contribution in [3.63, 3.8) is 0 Å². The first-order chi connectivity index (χ1) is 28.7. The summed E-state index contributed by atoms with van der Waals surface area (Å²) in [4.78, 5) is 69.9. The third-order valence-corrected chi connectivity index (χ3v) is 12.1. The Labute approximate surface area is 350 Å². The maximum atomic E-state index is 14.3. The number of fused-ring (bicyclic) bond motifs is 1. The number of thioether (sulfide) groups is 1. The van der Waals surface area contributed by atoms with Gasteiger partial charge in [0.2, 0.25) is 11.8 Å². The summed E-state index contributed by atoms with van der Waals surface area (Å²) in [5.74, 6) is -1.96. The number of thiophene rings is 1. The highest BCUT2D eigenvalue weighted by Gasteiger charge is 2.32. The van der Waals surface area contributed by atoms with Gasteiger partial charge >= 0.3 is 5.97 Å². The minimum absolute atomic E-state index is 0.0392. The van der Waals surface area contributed by atoms with Gasteiger partial charge in [-0.05, 0) is 70.6 Å². The summed E-state index contributed by atoms with van der Waals surface area (Å²) in [6.07, 6.45) is 2.09. The van der Waals surface area contributed by atoms with Crippen molar-refractivity contribution in [3.8, 4) is 11.1 Å². The fraction of sp³-hybridized carbons (Fsp3) is 0.128. The van der Waals surface area contributed by atoms with Crippen LogP contribution in [-0.4, -0.2) is 48.2 Å². The number of esters is 1. The highest BCUT2D eigenvalue weighted by Crippen LogP contribution is 2.41. The van der Waals surface area contributed by atoms with Crippen LogP contribution >= 0.6 is 23.1 Å². The molecule has 5 aromatic carbocycles. The molecule has 1 aromatic heterocycles. The third kappa shape index (κ3) is 9.86. The highest BCUT2D eigenvalue weighted by molar-refractivity contribution is 8.00. The Balaban J connectivity index is 1.13. The normalized spacial score (nSPS) is 12.8. The van der Waals surface area contributed by atoms with Crippen LogP contribution in [0.15, 0.2) is 150 Å². The first kappa shape index (κ1) is 40.4. The Morgan fingerprint density at radius 3 is 2.12 bits per heavy atom. The molecule has 12 heteroatoms. The SMILES string of the molecule is COC(=O)c1c(NC(=O)C(Sc2cccc(NC(=O)/C(=C\c3ccc(-c4ccccc4)cc3)NC(=O)c3ccccc3)c2)c2ccccc2)sc2c1CCN(C(C)=O)C2. The van der Waals surface area contributed by atoms with Gasteiger partial charge in [0.1, 0.15) is 15.9 Å². The molecule has 296 valence electrons. The molecule has 0 radical (unpaired) electrons. The number of rotatable bonds is 12. The van der Waals surface area contributed by atoms with E-state index in [9.17, 15) is 24.0 Å². The summed E-state index contributed by atoms with van der Waals surface area (Å²) in [6.45, 7) is 2.32. The summed E-state index contributed by atoms with van der Waals surface area (Å²) in [7, 11) is 1.30. The van der Waals surface area contributed by atoms with Crippen LogP contribution in [0.5, 0.6) is 0 Å². The number of hydrogen-bond acceptors (Lipinski definition) is 8. The second-order valence-corrected chi connectivity index (χ2v) is 15.9. The Bertz CT molecular complexity index is 2520. The topological polar surface area (TPSA) is 134 Å². The van der Waals surface area contributed by atoms with Crippen LogP contribution in [0.3, 0.4) is 0 Å². The van der Waals surface area contributed by atoms with Gasteiger partial charge in [-0.1, -0.05) is 109 Å². The van der Waals surface area contributed by atoms with Crippen LogP contribution in [0.1, 0.15) is 54.5 Å². The van der Waals surface area contributed by atoms with Crippen LogP contribution in [0.2, 0.25) is 0 Å². The molecule has 0 spiro atoms. The Morgan fingerprint density at radius 2 is 1.44 bits per heavy atom. The zero-order valence-corrected chi connectivity index (χ0v) is 33.9. The van der Waals surface area contributed by atoms with Crippen LogP contribution < -0.4 is 16.0 Å². The number of benzene rings is 5. The molecule has 1 unspecified atom stereocenters. The molecular weight excluding hydrogens is 781 g/mol. The molecule has 10 nitrogen and oxygen atoms in total. The standard InChI is InChI=1S/C47H40N4O6S2/c1-30(52)51-26-25-38-40(29-51)59-46(41(38)47(56)57-2)50-45(55)42(34-15-8-4-9-16-34)58-37-20-12-19-36(28-37)48-44(54)39(49-43(53)35-17-10-5-11-18-35)27-31-21-23-33(24-22-31)32-13-6-3-7-14-32/h3-24,27-28,42H,25-26,29H2,1-2H3,(H,48,54)(H,49,53)(H,50,55)/b39-27+. The minimum Gasteiger partial charge on any atom is -0.465 e. The molecule has 1 aliphatic heterocycles. The van der Waals surface area contributed by atoms with Crippen molar-refractivity contribution >= 4 is 69.5 Å². The molecule has 59 heavy (non-hydrogen) atoms. The summed E-state index contributed by atoms with van der Waals surface area (Å²) in [6, 6.07) is 42.7. The molecule has 1 aliphatic rings. The fourth-order valence-electron chi connectivity index (χ4n) is 6.65. The molecule has 3 N–H and O–H groups in total. The number of methoxy groups -OCH3 is 1. The summed E-state index contributed by atoms with van der Waals surface area (Å²) >= 11 is 2.55. The predicted octanol–water partition coefficient (Wildman–Crippen LogP) is 8.99. The van der Waals surface area contributed by atoms with Gasteiger partial charge in [-0.15, -0.1) is 23.1 Å². The first-order valence-corrected chi connectivity index (χ1v) is 20.5. The van der Waals surface area contributed by atoms with E-state index in [2.05, 4.69) is 16.0 Å². The van der Waals surface area contributed by atoms with E-state index >= 15 is 0 Å². The fourth-order valence-corrected chi connectivity index (χ4v) is 8.99. The molecule has 0 bridgehead atoms. The minimum atomic E-state index is -0.764. The molecule has 6 aromatic rings. The third-order valence-electron chi connectivity index (χ3n) is 9.67. The lowest BCUT2D eigenvalue weighted by molar-refractivity contribution is -0.129. The van der Waals surface area contributed by atoms with Gasteiger partial charge in [-0.2, -0.15) is 0 Å². The second-order valence-electron chi connectivity index (χ2n) is 13.6. The van der Waals surface area contributed by atoms with Crippen molar-refractivity contribution in [2.24, 2.45) is 0 Å². The van der Waals surface area contributed by atoms with Crippen molar-refractivity contribution in [1.29, 1.82) is 0 Å². The monoisotopic (exact) mass is 820 g/mol. The zero-order chi connectivity index (χ0) is 41.3. The Kier molecular flexibility index (Phi) is 12.8. The maximum Gasteiger partial charge on any atom is 0.341 e. The Morgan fingerprint density at radius 1 is 0.780 bits per heavy atom. The average molecular weight is 821 g/mol. The number of carbonyl (C=O) groups excluding carboxylic acids is 5. The Hall–Kier alpha value is -6.76. The lowest BCUT2D eigenvalue weighted by Crippen LogP contribution is -2.33. The first-order valence-electron chi connectivity index (χ1n) is 18.8. The smallest absolute Gasteiger partial charge is 0.341 e. The van der Waals surface area contributed by atoms with E-state index in [4.69, 9.17) is 4.74 Å². The van der Waals surface area contributed by atoms with Gasteiger partial charge in [0, 0.05) is 34.5 Å². The number of ether oxygens (including phenoxy) is 1. The average Bonchev–Trinajstić information content (AvgIpc) is 3.63. The van der Waals surface area contributed by atoms with Gasteiger partial charge in [0.25, 0.3) is 11.8 Å². The van der Waals surface area contributed by atoms with Gasteiger partial charge in [0.05, 0.1) is 19.2 Å². The number of nitrogens with one attached hydrogen (secondary N) is 3. The van der Waals surface area contributed by atoms with Crippen LogP contribution in [0, 0.1) is 0 Å². The molecular formula is C47H40N4O6S2. The summed E-state index contributed by atoms with van der Waals surface area (Å²) in [5.41, 5.74) is 5.47. The maximum absolute atomic E-state index is 14.3. The number of anilines is 2. The van der Waals surface area contributed by atoms with Gasteiger partial charge < -0.3 is 25.6 Å². The largest absolute Gasteiger partial charge is 0.465 e.